The fourth-order valence-electron chi connectivity index (χ4n) is 1.39. The van der Waals surface area contributed by atoms with Gasteiger partial charge in [0, 0.05) is 28.0 Å². The molecular formula is C9H8Cl2N2. The van der Waals surface area contributed by atoms with Gasteiger partial charge in [0.05, 0.1) is 0 Å². The van der Waals surface area contributed by atoms with E-state index in [4.69, 9.17) is 28.9 Å². The number of halogens is 2. The molecule has 0 saturated heterocycles. The SMILES string of the molecule is NCc1c(Cl)[nH]c2ccc(Cl)cc12. The number of rotatable bonds is 1. The molecule has 0 aliphatic rings. The number of aromatic nitrogens is 1. The summed E-state index contributed by atoms with van der Waals surface area (Å²) in [7, 11) is 0. The van der Waals surface area contributed by atoms with Crippen molar-refractivity contribution in [1.29, 1.82) is 0 Å². The fraction of sp³-hybridized carbons (Fsp3) is 0.111. The van der Waals surface area contributed by atoms with Crippen LogP contribution in [0.15, 0.2) is 18.2 Å². The highest BCUT2D eigenvalue weighted by Gasteiger charge is 2.07. The van der Waals surface area contributed by atoms with Crippen molar-refractivity contribution < 1.29 is 0 Å². The lowest BCUT2D eigenvalue weighted by atomic mass is 10.2. The van der Waals surface area contributed by atoms with Crippen LogP contribution >= 0.6 is 23.2 Å². The fourth-order valence-corrected chi connectivity index (χ4v) is 1.84. The number of nitrogens with one attached hydrogen (secondary N) is 1. The Morgan fingerprint density at radius 3 is 2.77 bits per heavy atom. The molecule has 68 valence electrons. The largest absolute Gasteiger partial charge is 0.345 e. The van der Waals surface area contributed by atoms with Gasteiger partial charge >= 0.3 is 0 Å². The minimum atomic E-state index is 0.416. The van der Waals surface area contributed by atoms with E-state index in [9.17, 15) is 0 Å². The van der Waals surface area contributed by atoms with Crippen molar-refractivity contribution in [3.8, 4) is 0 Å². The smallest absolute Gasteiger partial charge is 0.111 e. The van der Waals surface area contributed by atoms with E-state index in [0.717, 1.165) is 16.5 Å². The lowest BCUT2D eigenvalue weighted by Gasteiger charge is -1.94. The van der Waals surface area contributed by atoms with Crippen LogP contribution in [0.25, 0.3) is 10.9 Å². The third-order valence-corrected chi connectivity index (χ3v) is 2.58. The summed E-state index contributed by atoms with van der Waals surface area (Å²) >= 11 is 11.8. The molecule has 0 aliphatic carbocycles. The summed E-state index contributed by atoms with van der Waals surface area (Å²) < 4.78 is 0. The lowest BCUT2D eigenvalue weighted by Crippen LogP contribution is -1.95. The quantitative estimate of drug-likeness (QED) is 0.754. The number of H-pyrrole nitrogens is 1. The number of benzene rings is 1. The molecule has 13 heavy (non-hydrogen) atoms. The van der Waals surface area contributed by atoms with Crippen molar-refractivity contribution in [3.05, 3.63) is 33.9 Å². The van der Waals surface area contributed by atoms with E-state index in [1.807, 2.05) is 18.2 Å². The van der Waals surface area contributed by atoms with Gasteiger partial charge in [-0.25, -0.2) is 0 Å². The molecule has 0 unspecified atom stereocenters. The van der Waals surface area contributed by atoms with E-state index in [-0.39, 0.29) is 0 Å². The second-order valence-corrected chi connectivity index (χ2v) is 3.63. The van der Waals surface area contributed by atoms with Gasteiger partial charge in [-0.15, -0.1) is 0 Å². The van der Waals surface area contributed by atoms with Gasteiger partial charge in [-0.3, -0.25) is 0 Å². The molecule has 0 aliphatic heterocycles. The molecule has 0 amide bonds. The standard InChI is InChI=1S/C9H8Cl2N2/c10-5-1-2-8-6(3-5)7(4-12)9(11)13-8/h1-3,13H,4,12H2. The van der Waals surface area contributed by atoms with Crippen LogP contribution in [0.3, 0.4) is 0 Å². The van der Waals surface area contributed by atoms with Gasteiger partial charge in [0.1, 0.15) is 5.15 Å². The van der Waals surface area contributed by atoms with Crippen molar-refractivity contribution >= 4 is 34.1 Å². The van der Waals surface area contributed by atoms with Crippen LogP contribution < -0.4 is 5.73 Å². The van der Waals surface area contributed by atoms with Crippen LogP contribution in [0, 0.1) is 0 Å². The average Bonchev–Trinajstić information content (AvgIpc) is 2.40. The molecule has 0 radical (unpaired) electrons. The molecule has 0 saturated carbocycles. The minimum absolute atomic E-state index is 0.416. The first-order valence-corrected chi connectivity index (χ1v) is 4.63. The Labute approximate surface area is 85.6 Å². The van der Waals surface area contributed by atoms with Crippen LogP contribution in [0.2, 0.25) is 10.2 Å². The topological polar surface area (TPSA) is 41.8 Å². The third-order valence-electron chi connectivity index (χ3n) is 2.02. The third kappa shape index (κ3) is 1.41. The van der Waals surface area contributed by atoms with Crippen molar-refractivity contribution in [2.75, 3.05) is 0 Å². The van der Waals surface area contributed by atoms with E-state index in [1.165, 1.54) is 0 Å². The van der Waals surface area contributed by atoms with Crippen molar-refractivity contribution in [3.63, 3.8) is 0 Å². The van der Waals surface area contributed by atoms with Gasteiger partial charge in [-0.1, -0.05) is 23.2 Å². The average molecular weight is 215 g/mol. The second-order valence-electron chi connectivity index (χ2n) is 2.81. The minimum Gasteiger partial charge on any atom is -0.345 e. The van der Waals surface area contributed by atoms with E-state index in [1.54, 1.807) is 0 Å². The molecule has 3 N–H and O–H groups in total. The molecule has 2 rings (SSSR count). The summed E-state index contributed by atoms with van der Waals surface area (Å²) in [6.45, 7) is 0.416. The maximum atomic E-state index is 5.94. The van der Waals surface area contributed by atoms with Crippen molar-refractivity contribution in [2.45, 2.75) is 6.54 Å². The Kier molecular flexibility index (Phi) is 2.20. The van der Waals surface area contributed by atoms with Gasteiger partial charge in [0.15, 0.2) is 0 Å². The Hall–Kier alpha value is -0.700. The Bertz CT molecular complexity index is 448. The van der Waals surface area contributed by atoms with Gasteiger partial charge in [0.25, 0.3) is 0 Å². The second kappa shape index (κ2) is 3.22. The predicted molar refractivity (Wildman–Crippen MR) is 56.2 cm³/mol. The summed E-state index contributed by atoms with van der Waals surface area (Å²) in [5, 5.41) is 2.29. The highest BCUT2D eigenvalue weighted by molar-refractivity contribution is 6.33. The normalized spacial score (nSPS) is 11.0. The molecule has 0 atom stereocenters. The number of hydrogen-bond donors (Lipinski definition) is 2. The first kappa shape index (κ1) is 8.88. The highest BCUT2D eigenvalue weighted by Crippen LogP contribution is 2.27. The molecule has 1 aromatic heterocycles. The first-order chi connectivity index (χ1) is 6.22. The monoisotopic (exact) mass is 214 g/mol. The highest BCUT2D eigenvalue weighted by atomic mass is 35.5. The zero-order valence-corrected chi connectivity index (χ0v) is 8.28. The van der Waals surface area contributed by atoms with E-state index < -0.39 is 0 Å². The number of hydrogen-bond acceptors (Lipinski definition) is 1. The van der Waals surface area contributed by atoms with E-state index in [0.29, 0.717) is 16.7 Å². The molecular weight excluding hydrogens is 207 g/mol. The molecule has 2 nitrogen and oxygen atoms in total. The Morgan fingerprint density at radius 1 is 1.31 bits per heavy atom. The summed E-state index contributed by atoms with van der Waals surface area (Å²) in [5.41, 5.74) is 7.45. The van der Waals surface area contributed by atoms with Gasteiger partial charge in [-0.2, -0.15) is 0 Å². The van der Waals surface area contributed by atoms with Gasteiger partial charge in [-0.05, 0) is 18.2 Å². The first-order valence-electron chi connectivity index (χ1n) is 3.88. The van der Waals surface area contributed by atoms with Crippen molar-refractivity contribution in [1.82, 2.24) is 4.98 Å². The predicted octanol–water partition coefficient (Wildman–Crippen LogP) is 2.93. The van der Waals surface area contributed by atoms with Crippen molar-refractivity contribution in [2.24, 2.45) is 5.73 Å². The molecule has 2 aromatic rings. The Morgan fingerprint density at radius 2 is 2.08 bits per heavy atom. The maximum Gasteiger partial charge on any atom is 0.111 e. The van der Waals surface area contributed by atoms with E-state index in [2.05, 4.69) is 4.98 Å². The molecule has 4 heteroatoms. The summed E-state index contributed by atoms with van der Waals surface area (Å²) in [6, 6.07) is 5.57. The summed E-state index contributed by atoms with van der Waals surface area (Å²) in [6.07, 6.45) is 0. The molecule has 0 bridgehead atoms. The van der Waals surface area contributed by atoms with E-state index >= 15 is 0 Å². The molecule has 1 heterocycles. The Balaban J connectivity index is 2.80. The van der Waals surface area contributed by atoms with Crippen LogP contribution in [-0.4, -0.2) is 4.98 Å². The van der Waals surface area contributed by atoms with Gasteiger partial charge in [0.2, 0.25) is 0 Å². The lowest BCUT2D eigenvalue weighted by molar-refractivity contribution is 1.08. The molecule has 0 spiro atoms. The number of nitrogens with two attached hydrogens (primary N) is 1. The zero-order valence-electron chi connectivity index (χ0n) is 6.77. The summed E-state index contributed by atoms with van der Waals surface area (Å²) in [4.78, 5) is 3.03. The maximum absolute atomic E-state index is 5.94. The van der Waals surface area contributed by atoms with Crippen LogP contribution in [0.4, 0.5) is 0 Å². The van der Waals surface area contributed by atoms with Crippen LogP contribution in [0.5, 0.6) is 0 Å². The van der Waals surface area contributed by atoms with Crippen LogP contribution in [0.1, 0.15) is 5.56 Å². The van der Waals surface area contributed by atoms with Crippen LogP contribution in [-0.2, 0) is 6.54 Å². The molecule has 1 aromatic carbocycles. The summed E-state index contributed by atoms with van der Waals surface area (Å²) in [5.74, 6) is 0. The molecule has 0 fully saturated rings. The number of aromatic amines is 1. The van der Waals surface area contributed by atoms with Gasteiger partial charge < -0.3 is 10.7 Å². The number of fused-ring (bicyclic) bond motifs is 1. The zero-order chi connectivity index (χ0) is 9.42.